The van der Waals surface area contributed by atoms with Gasteiger partial charge in [-0.05, 0) is 61.0 Å². The van der Waals surface area contributed by atoms with Crippen molar-refractivity contribution >= 4 is 23.2 Å². The third-order valence-corrected chi connectivity index (χ3v) is 3.86. The zero-order chi connectivity index (χ0) is 18.5. The Morgan fingerprint density at radius 1 is 0.769 bits per heavy atom. The van der Waals surface area contributed by atoms with Crippen molar-refractivity contribution in [3.8, 4) is 0 Å². The molecule has 0 bridgehead atoms. The lowest BCUT2D eigenvalue weighted by atomic mass is 10.1. The molecular weight excluding hydrogens is 331 g/mol. The highest BCUT2D eigenvalue weighted by Gasteiger charge is 2.10. The maximum absolute atomic E-state index is 13.2. The van der Waals surface area contributed by atoms with Gasteiger partial charge in [0.2, 0.25) is 0 Å². The van der Waals surface area contributed by atoms with E-state index in [4.69, 9.17) is 0 Å². The van der Waals surface area contributed by atoms with Crippen molar-refractivity contribution in [2.24, 2.45) is 0 Å². The molecule has 0 aliphatic rings. The smallest absolute Gasteiger partial charge is 0.255 e. The van der Waals surface area contributed by atoms with Crippen molar-refractivity contribution in [1.29, 1.82) is 0 Å². The average Bonchev–Trinajstić information content (AvgIpc) is 2.64. The number of anilines is 2. The Morgan fingerprint density at radius 3 is 2.15 bits per heavy atom. The molecule has 4 nitrogen and oxygen atoms in total. The van der Waals surface area contributed by atoms with E-state index in [1.54, 1.807) is 48.5 Å². The summed E-state index contributed by atoms with van der Waals surface area (Å²) in [7, 11) is 0. The first-order valence-corrected chi connectivity index (χ1v) is 8.07. The summed E-state index contributed by atoms with van der Waals surface area (Å²) < 4.78 is 13.2. The molecule has 0 atom stereocenters. The van der Waals surface area contributed by atoms with Gasteiger partial charge in [0.1, 0.15) is 5.82 Å². The minimum absolute atomic E-state index is 0.203. The lowest BCUT2D eigenvalue weighted by Crippen LogP contribution is -2.14. The molecule has 0 saturated heterocycles. The number of carbonyl (C=O) groups excluding carboxylic acids is 2. The number of halogens is 1. The Hall–Kier alpha value is -3.47. The fraction of sp³-hybridized carbons (Fsp3) is 0.0476. The molecule has 0 fully saturated rings. The van der Waals surface area contributed by atoms with E-state index in [-0.39, 0.29) is 11.5 Å². The molecule has 0 aliphatic heterocycles. The highest BCUT2D eigenvalue weighted by molar-refractivity contribution is 6.06. The molecule has 2 N–H and O–H groups in total. The van der Waals surface area contributed by atoms with E-state index in [2.05, 4.69) is 10.6 Å². The van der Waals surface area contributed by atoms with E-state index < -0.39 is 11.7 Å². The first-order valence-electron chi connectivity index (χ1n) is 8.07. The fourth-order valence-corrected chi connectivity index (χ4v) is 2.50. The molecular formula is C21H17FN2O2. The van der Waals surface area contributed by atoms with Crippen LogP contribution in [0.5, 0.6) is 0 Å². The largest absolute Gasteiger partial charge is 0.322 e. The number of hydrogen-bond acceptors (Lipinski definition) is 2. The van der Waals surface area contributed by atoms with Crippen LogP contribution < -0.4 is 10.6 Å². The van der Waals surface area contributed by atoms with Gasteiger partial charge in [-0.1, -0.05) is 24.3 Å². The van der Waals surface area contributed by atoms with E-state index in [9.17, 15) is 14.0 Å². The first kappa shape index (κ1) is 17.4. The topological polar surface area (TPSA) is 58.2 Å². The van der Waals surface area contributed by atoms with Crippen molar-refractivity contribution in [3.63, 3.8) is 0 Å². The number of benzene rings is 3. The molecule has 0 radical (unpaired) electrons. The Kier molecular flexibility index (Phi) is 5.08. The van der Waals surface area contributed by atoms with Gasteiger partial charge >= 0.3 is 0 Å². The summed E-state index contributed by atoms with van der Waals surface area (Å²) in [5.74, 6) is -1.07. The second-order valence-corrected chi connectivity index (χ2v) is 5.81. The Balaban J connectivity index is 1.71. The minimum Gasteiger partial charge on any atom is -0.322 e. The predicted molar refractivity (Wildman–Crippen MR) is 99.9 cm³/mol. The highest BCUT2D eigenvalue weighted by Crippen LogP contribution is 2.21. The number of aryl methyl sites for hydroxylation is 1. The van der Waals surface area contributed by atoms with Gasteiger partial charge in [-0.3, -0.25) is 9.59 Å². The van der Waals surface area contributed by atoms with Gasteiger partial charge in [0, 0.05) is 22.5 Å². The fourth-order valence-electron chi connectivity index (χ4n) is 2.50. The van der Waals surface area contributed by atoms with Crippen molar-refractivity contribution in [3.05, 3.63) is 95.3 Å². The van der Waals surface area contributed by atoms with Gasteiger partial charge in [-0.2, -0.15) is 0 Å². The van der Waals surface area contributed by atoms with Gasteiger partial charge in [-0.15, -0.1) is 0 Å². The van der Waals surface area contributed by atoms with Gasteiger partial charge in [0.05, 0.1) is 0 Å². The van der Waals surface area contributed by atoms with E-state index >= 15 is 0 Å². The molecule has 26 heavy (non-hydrogen) atoms. The molecule has 3 aromatic carbocycles. The Bertz CT molecular complexity index is 955. The monoisotopic (exact) mass is 348 g/mol. The van der Waals surface area contributed by atoms with Gasteiger partial charge in [-0.25, -0.2) is 4.39 Å². The van der Waals surface area contributed by atoms with Crippen LogP contribution in [-0.4, -0.2) is 11.8 Å². The third-order valence-electron chi connectivity index (χ3n) is 3.86. The minimum atomic E-state index is -0.465. The van der Waals surface area contributed by atoms with E-state index in [1.807, 2.05) is 13.0 Å². The SMILES string of the molecule is Cc1cc(NC(=O)c2cccc(F)c2)ccc1NC(=O)c1ccccc1. The highest BCUT2D eigenvalue weighted by atomic mass is 19.1. The lowest BCUT2D eigenvalue weighted by Gasteiger charge is -2.11. The van der Waals surface area contributed by atoms with E-state index in [0.717, 1.165) is 5.56 Å². The maximum Gasteiger partial charge on any atom is 0.255 e. The zero-order valence-corrected chi connectivity index (χ0v) is 14.1. The Morgan fingerprint density at radius 2 is 1.46 bits per heavy atom. The normalized spacial score (nSPS) is 10.2. The number of carbonyl (C=O) groups is 2. The number of rotatable bonds is 4. The van der Waals surface area contributed by atoms with Crippen molar-refractivity contribution < 1.29 is 14.0 Å². The molecule has 0 aromatic heterocycles. The summed E-state index contributed by atoms with van der Waals surface area (Å²) in [4.78, 5) is 24.4. The number of hydrogen-bond donors (Lipinski definition) is 2. The Labute approximate surface area is 150 Å². The van der Waals surface area contributed by atoms with Crippen LogP contribution in [0.3, 0.4) is 0 Å². The van der Waals surface area contributed by atoms with Crippen LogP contribution in [0, 0.1) is 12.7 Å². The molecule has 2 amide bonds. The van der Waals surface area contributed by atoms with Crippen LogP contribution >= 0.6 is 0 Å². The molecule has 5 heteroatoms. The summed E-state index contributed by atoms with van der Waals surface area (Å²) in [5.41, 5.74) is 2.82. The van der Waals surface area contributed by atoms with Crippen LogP contribution in [0.1, 0.15) is 26.3 Å². The number of amides is 2. The maximum atomic E-state index is 13.2. The summed E-state index contributed by atoms with van der Waals surface area (Å²) in [5, 5.41) is 5.57. The predicted octanol–water partition coefficient (Wildman–Crippen LogP) is 4.64. The summed E-state index contributed by atoms with van der Waals surface area (Å²) in [6.07, 6.45) is 0. The summed E-state index contributed by atoms with van der Waals surface area (Å²) in [6.45, 7) is 1.83. The standard InChI is InChI=1S/C21H17FN2O2/c1-14-12-18(23-21(26)16-8-5-9-17(22)13-16)10-11-19(14)24-20(25)15-6-3-2-4-7-15/h2-13H,1H3,(H,23,26)(H,24,25). The van der Waals surface area contributed by atoms with Crippen LogP contribution in [0.25, 0.3) is 0 Å². The van der Waals surface area contributed by atoms with E-state index in [1.165, 1.54) is 18.2 Å². The third kappa shape index (κ3) is 4.13. The zero-order valence-electron chi connectivity index (χ0n) is 14.1. The molecule has 0 spiro atoms. The van der Waals surface area contributed by atoms with Crippen LogP contribution in [0.15, 0.2) is 72.8 Å². The quantitative estimate of drug-likeness (QED) is 0.722. The lowest BCUT2D eigenvalue weighted by molar-refractivity contribution is 0.101. The van der Waals surface area contributed by atoms with E-state index in [0.29, 0.717) is 16.9 Å². The second kappa shape index (κ2) is 7.61. The summed E-state index contributed by atoms with van der Waals surface area (Å²) >= 11 is 0. The molecule has 3 rings (SSSR count). The van der Waals surface area contributed by atoms with Gasteiger partial charge in [0.25, 0.3) is 11.8 Å². The molecule has 0 saturated carbocycles. The first-order chi connectivity index (χ1) is 12.5. The molecule has 0 heterocycles. The average molecular weight is 348 g/mol. The van der Waals surface area contributed by atoms with Crippen LogP contribution in [0.2, 0.25) is 0 Å². The molecule has 0 unspecified atom stereocenters. The number of nitrogens with one attached hydrogen (secondary N) is 2. The van der Waals surface area contributed by atoms with Gasteiger partial charge in [0.15, 0.2) is 0 Å². The molecule has 130 valence electrons. The summed E-state index contributed by atoms with van der Waals surface area (Å²) in [6, 6.07) is 19.5. The van der Waals surface area contributed by atoms with Crippen LogP contribution in [0.4, 0.5) is 15.8 Å². The van der Waals surface area contributed by atoms with Gasteiger partial charge < -0.3 is 10.6 Å². The molecule has 0 aliphatic carbocycles. The van der Waals surface area contributed by atoms with Crippen molar-refractivity contribution in [1.82, 2.24) is 0 Å². The molecule has 3 aromatic rings. The van der Waals surface area contributed by atoms with Crippen LogP contribution in [-0.2, 0) is 0 Å². The van der Waals surface area contributed by atoms with Crippen molar-refractivity contribution in [2.45, 2.75) is 6.92 Å². The second-order valence-electron chi connectivity index (χ2n) is 5.81. The van der Waals surface area contributed by atoms with Crippen molar-refractivity contribution in [2.75, 3.05) is 10.6 Å².